The number of amides is 2. The number of hydrogen-bond donors (Lipinski definition) is 2. The number of aromatic nitrogens is 1. The zero-order chi connectivity index (χ0) is 20.4. The van der Waals surface area contributed by atoms with E-state index >= 15 is 0 Å². The molecule has 2 amide bonds. The Labute approximate surface area is 159 Å². The van der Waals surface area contributed by atoms with Crippen LogP contribution in [0.25, 0.3) is 0 Å². The van der Waals surface area contributed by atoms with Gasteiger partial charge in [0.15, 0.2) is 0 Å². The summed E-state index contributed by atoms with van der Waals surface area (Å²) in [7, 11) is 0. The molecule has 9 heteroatoms. The van der Waals surface area contributed by atoms with Gasteiger partial charge in [0.1, 0.15) is 11.6 Å². The number of ether oxygens (including phenoxy) is 1. The fraction of sp³-hybridized carbons (Fsp3) is 0.316. The molecule has 1 aromatic carbocycles. The quantitative estimate of drug-likeness (QED) is 0.785. The zero-order valence-corrected chi connectivity index (χ0v) is 15.0. The van der Waals surface area contributed by atoms with Crippen molar-refractivity contribution in [2.24, 2.45) is 5.41 Å². The molecule has 1 aromatic heterocycles. The van der Waals surface area contributed by atoms with Crippen molar-refractivity contribution in [3.63, 3.8) is 0 Å². The van der Waals surface area contributed by atoms with E-state index in [1.54, 1.807) is 6.07 Å². The number of alkyl halides is 3. The minimum absolute atomic E-state index is 0.00990. The first-order chi connectivity index (χ1) is 13.1. The van der Waals surface area contributed by atoms with Gasteiger partial charge in [0.25, 0.3) is 5.91 Å². The third-order valence-corrected chi connectivity index (χ3v) is 4.40. The highest BCUT2D eigenvalue weighted by molar-refractivity contribution is 5.98. The van der Waals surface area contributed by atoms with Crippen LogP contribution in [0.5, 0.6) is 5.75 Å². The van der Waals surface area contributed by atoms with Gasteiger partial charge in [-0.3, -0.25) is 9.59 Å². The smallest absolute Gasteiger partial charge is 0.406 e. The first-order valence-corrected chi connectivity index (χ1v) is 8.55. The van der Waals surface area contributed by atoms with E-state index < -0.39 is 12.3 Å². The maximum atomic E-state index is 12.3. The van der Waals surface area contributed by atoms with Crippen molar-refractivity contribution in [1.82, 2.24) is 10.3 Å². The minimum atomic E-state index is -4.78. The fourth-order valence-electron chi connectivity index (χ4n) is 2.46. The second-order valence-corrected chi connectivity index (χ2v) is 6.82. The number of carbonyl (C=O) groups is 2. The molecule has 2 aromatic rings. The summed E-state index contributed by atoms with van der Waals surface area (Å²) in [6.07, 6.45) is -1.75. The molecular weight excluding hydrogens is 375 g/mol. The summed E-state index contributed by atoms with van der Waals surface area (Å²) in [5.74, 6) is -0.676. The highest BCUT2D eigenvalue weighted by Gasteiger charge is 2.45. The van der Waals surface area contributed by atoms with Crippen LogP contribution < -0.4 is 15.4 Å². The number of hydrogen-bond acceptors (Lipinski definition) is 4. The number of halogens is 3. The summed E-state index contributed by atoms with van der Waals surface area (Å²) in [5, 5.41) is 5.30. The van der Waals surface area contributed by atoms with Crippen molar-refractivity contribution in [3.8, 4) is 5.75 Å². The maximum absolute atomic E-state index is 12.3. The Morgan fingerprint density at radius 1 is 1.21 bits per heavy atom. The molecule has 0 radical (unpaired) electrons. The van der Waals surface area contributed by atoms with E-state index in [9.17, 15) is 22.8 Å². The summed E-state index contributed by atoms with van der Waals surface area (Å²) in [4.78, 5) is 28.4. The molecule has 148 valence electrons. The van der Waals surface area contributed by atoms with Gasteiger partial charge in [-0.05, 0) is 42.7 Å². The lowest BCUT2D eigenvalue weighted by Gasteiger charge is -2.11. The number of benzene rings is 1. The van der Waals surface area contributed by atoms with Crippen LogP contribution >= 0.6 is 0 Å². The average Bonchev–Trinajstić information content (AvgIpc) is 3.38. The molecule has 0 spiro atoms. The van der Waals surface area contributed by atoms with Gasteiger partial charge in [0.2, 0.25) is 5.91 Å². The van der Waals surface area contributed by atoms with Gasteiger partial charge in [-0.15, -0.1) is 13.2 Å². The molecule has 6 nitrogen and oxygen atoms in total. The Hall–Kier alpha value is -3.10. The van der Waals surface area contributed by atoms with Crippen molar-refractivity contribution >= 4 is 17.6 Å². The van der Waals surface area contributed by atoms with Crippen LogP contribution in [0.4, 0.5) is 19.0 Å². The van der Waals surface area contributed by atoms with E-state index in [1.807, 2.05) is 6.92 Å². The normalized spacial score (nSPS) is 14.9. The van der Waals surface area contributed by atoms with Crippen LogP contribution in [0.1, 0.15) is 35.7 Å². The van der Waals surface area contributed by atoms with Crippen molar-refractivity contribution in [3.05, 3.63) is 53.7 Å². The highest BCUT2D eigenvalue weighted by atomic mass is 19.4. The Kier molecular flexibility index (Phi) is 5.26. The van der Waals surface area contributed by atoms with E-state index in [1.165, 1.54) is 36.5 Å². The summed E-state index contributed by atoms with van der Waals surface area (Å²) in [6.45, 7) is 1.87. The average molecular weight is 393 g/mol. The van der Waals surface area contributed by atoms with E-state index in [0.717, 1.165) is 12.8 Å². The Morgan fingerprint density at radius 2 is 1.96 bits per heavy atom. The van der Waals surface area contributed by atoms with E-state index in [2.05, 4.69) is 20.4 Å². The zero-order valence-electron chi connectivity index (χ0n) is 15.0. The molecule has 0 unspecified atom stereocenters. The molecule has 1 heterocycles. The predicted octanol–water partition coefficient (Wildman–Crippen LogP) is 3.65. The van der Waals surface area contributed by atoms with Crippen LogP contribution in [-0.4, -0.2) is 23.2 Å². The summed E-state index contributed by atoms with van der Waals surface area (Å²) < 4.78 is 40.7. The summed E-state index contributed by atoms with van der Waals surface area (Å²) in [6, 6.07) is 8.27. The van der Waals surface area contributed by atoms with Crippen LogP contribution in [0.3, 0.4) is 0 Å². The topological polar surface area (TPSA) is 80.3 Å². The van der Waals surface area contributed by atoms with Gasteiger partial charge in [0.05, 0.1) is 0 Å². The molecule has 1 saturated carbocycles. The molecule has 1 aliphatic rings. The van der Waals surface area contributed by atoms with Crippen LogP contribution in [-0.2, 0) is 11.3 Å². The minimum Gasteiger partial charge on any atom is -0.406 e. The molecule has 1 aliphatic carbocycles. The van der Waals surface area contributed by atoms with Gasteiger partial charge in [-0.1, -0.05) is 19.1 Å². The predicted molar refractivity (Wildman–Crippen MR) is 94.5 cm³/mol. The fourth-order valence-corrected chi connectivity index (χ4v) is 2.46. The number of carbonyl (C=O) groups excluding carboxylic acids is 2. The summed E-state index contributed by atoms with van der Waals surface area (Å²) in [5.41, 5.74) is 0.344. The van der Waals surface area contributed by atoms with Crippen LogP contribution in [0, 0.1) is 5.41 Å². The van der Waals surface area contributed by atoms with Gasteiger partial charge in [-0.2, -0.15) is 0 Å². The molecule has 2 N–H and O–H groups in total. The third kappa shape index (κ3) is 5.21. The molecule has 0 atom stereocenters. The van der Waals surface area contributed by atoms with Gasteiger partial charge in [-0.25, -0.2) is 4.98 Å². The number of nitrogens with zero attached hydrogens (tertiary/aromatic N) is 1. The monoisotopic (exact) mass is 393 g/mol. The lowest BCUT2D eigenvalue weighted by molar-refractivity contribution is -0.274. The van der Waals surface area contributed by atoms with Gasteiger partial charge < -0.3 is 15.4 Å². The Morgan fingerprint density at radius 3 is 2.64 bits per heavy atom. The maximum Gasteiger partial charge on any atom is 0.573 e. The van der Waals surface area contributed by atoms with Crippen LogP contribution in [0.15, 0.2) is 42.6 Å². The first-order valence-electron chi connectivity index (χ1n) is 8.55. The number of nitrogens with one attached hydrogen (secondary N) is 2. The molecule has 3 rings (SSSR count). The Bertz CT molecular complexity index is 895. The lowest BCUT2D eigenvalue weighted by atomic mass is 10.1. The second kappa shape index (κ2) is 7.49. The molecule has 0 bridgehead atoms. The Balaban J connectivity index is 1.60. The van der Waals surface area contributed by atoms with E-state index in [-0.39, 0.29) is 35.0 Å². The molecule has 0 saturated heterocycles. The molecular formula is C19H18F3N3O3. The molecule has 0 aliphatic heterocycles. The van der Waals surface area contributed by atoms with E-state index in [4.69, 9.17) is 0 Å². The lowest BCUT2D eigenvalue weighted by Crippen LogP contribution is -2.24. The van der Waals surface area contributed by atoms with Crippen LogP contribution in [0.2, 0.25) is 0 Å². The van der Waals surface area contributed by atoms with Crippen molar-refractivity contribution < 1.29 is 27.5 Å². The van der Waals surface area contributed by atoms with Gasteiger partial charge >= 0.3 is 6.36 Å². The first kappa shape index (κ1) is 19.7. The number of anilines is 1. The van der Waals surface area contributed by atoms with Crippen molar-refractivity contribution in [2.45, 2.75) is 32.7 Å². The van der Waals surface area contributed by atoms with Crippen molar-refractivity contribution in [2.75, 3.05) is 5.32 Å². The second-order valence-electron chi connectivity index (χ2n) is 6.82. The molecule has 1 fully saturated rings. The van der Waals surface area contributed by atoms with Gasteiger partial charge in [0, 0.05) is 23.7 Å². The SMILES string of the molecule is CC1(C(=O)Nc2cc(C(=O)NCc3cccc(OC(F)(F)F)c3)ccn2)CC1. The standard InChI is InChI=1S/C19H18F3N3O3/c1-18(6-7-18)17(27)25-15-10-13(5-8-23-15)16(26)24-11-12-3-2-4-14(9-12)28-19(20,21)22/h2-5,8-10H,6-7,11H2,1H3,(H,24,26)(H,23,25,27). The number of pyridine rings is 1. The third-order valence-electron chi connectivity index (χ3n) is 4.40. The largest absolute Gasteiger partial charge is 0.573 e. The number of rotatable bonds is 6. The van der Waals surface area contributed by atoms with Crippen molar-refractivity contribution in [1.29, 1.82) is 0 Å². The summed E-state index contributed by atoms with van der Waals surface area (Å²) >= 11 is 0. The van der Waals surface area contributed by atoms with E-state index in [0.29, 0.717) is 5.56 Å². The highest BCUT2D eigenvalue weighted by Crippen LogP contribution is 2.45. The molecule has 28 heavy (non-hydrogen) atoms.